The van der Waals surface area contributed by atoms with Crippen LogP contribution >= 0.6 is 0 Å². The van der Waals surface area contributed by atoms with Crippen LogP contribution in [0.2, 0.25) is 0 Å². The third kappa shape index (κ3) is 4.32. The Labute approximate surface area is 144 Å². The van der Waals surface area contributed by atoms with Crippen LogP contribution in [0.4, 0.5) is 4.39 Å². The lowest BCUT2D eigenvalue weighted by atomic mass is 10.1. The van der Waals surface area contributed by atoms with Crippen molar-refractivity contribution >= 4 is 17.7 Å². The van der Waals surface area contributed by atoms with Crippen LogP contribution in [0.25, 0.3) is 0 Å². The first-order valence-corrected chi connectivity index (χ1v) is 7.65. The van der Waals surface area contributed by atoms with Crippen LogP contribution in [0, 0.1) is 19.7 Å². The minimum absolute atomic E-state index is 0.165. The van der Waals surface area contributed by atoms with Gasteiger partial charge in [-0.3, -0.25) is 14.4 Å². The molecular formula is C18H19FN2O4. The van der Waals surface area contributed by atoms with Gasteiger partial charge in [-0.2, -0.15) is 0 Å². The molecule has 0 atom stereocenters. The van der Waals surface area contributed by atoms with E-state index in [0.29, 0.717) is 5.56 Å². The Balaban J connectivity index is 1.84. The number of ether oxygens (including phenoxy) is 1. The fourth-order valence-electron chi connectivity index (χ4n) is 2.31. The largest absolute Gasteiger partial charge is 0.456 e. The quantitative estimate of drug-likeness (QED) is 0.640. The van der Waals surface area contributed by atoms with Gasteiger partial charge in [0.2, 0.25) is 5.78 Å². The van der Waals surface area contributed by atoms with Crippen LogP contribution in [0.5, 0.6) is 0 Å². The standard InChI is InChI=1S/C18H19FN2O4/c1-11-8-14(12(2)21(11)3)16(22)10-25-17(23)9-20-18(24)13-6-4-5-7-15(13)19/h4-8H,9-10H2,1-3H3,(H,20,24). The second kappa shape index (κ2) is 7.74. The molecule has 6 nitrogen and oxygen atoms in total. The molecule has 7 heteroatoms. The van der Waals surface area contributed by atoms with E-state index in [0.717, 1.165) is 17.5 Å². The number of carbonyl (C=O) groups excluding carboxylic acids is 3. The average Bonchev–Trinajstić information content (AvgIpc) is 2.85. The first-order chi connectivity index (χ1) is 11.8. The molecule has 2 rings (SSSR count). The van der Waals surface area contributed by atoms with Gasteiger partial charge in [-0.25, -0.2) is 4.39 Å². The number of amides is 1. The van der Waals surface area contributed by atoms with E-state index in [1.807, 2.05) is 18.5 Å². The lowest BCUT2D eigenvalue weighted by molar-refractivity contribution is -0.141. The molecule has 0 saturated heterocycles. The molecule has 0 radical (unpaired) electrons. The number of ketones is 1. The number of benzene rings is 1. The van der Waals surface area contributed by atoms with Crippen molar-refractivity contribution in [3.05, 3.63) is 58.7 Å². The summed E-state index contributed by atoms with van der Waals surface area (Å²) in [5, 5.41) is 2.26. The molecule has 1 aromatic heterocycles. The second-order valence-corrected chi connectivity index (χ2v) is 5.59. The molecule has 0 aliphatic heterocycles. The zero-order chi connectivity index (χ0) is 18.6. The molecular weight excluding hydrogens is 327 g/mol. The highest BCUT2D eigenvalue weighted by Crippen LogP contribution is 2.14. The minimum Gasteiger partial charge on any atom is -0.456 e. The summed E-state index contributed by atoms with van der Waals surface area (Å²) in [5.41, 5.74) is 2.03. The van der Waals surface area contributed by atoms with Gasteiger partial charge in [0.25, 0.3) is 5.91 Å². The molecule has 0 unspecified atom stereocenters. The van der Waals surface area contributed by atoms with Crippen LogP contribution < -0.4 is 5.32 Å². The van der Waals surface area contributed by atoms with Gasteiger partial charge in [-0.1, -0.05) is 12.1 Å². The Morgan fingerprint density at radius 3 is 2.44 bits per heavy atom. The molecule has 2 aromatic rings. The van der Waals surface area contributed by atoms with E-state index >= 15 is 0 Å². The fraction of sp³-hybridized carbons (Fsp3) is 0.278. The van der Waals surface area contributed by atoms with Gasteiger partial charge in [0.15, 0.2) is 6.61 Å². The molecule has 1 aromatic carbocycles. The summed E-state index contributed by atoms with van der Waals surface area (Å²) in [4.78, 5) is 35.6. The average molecular weight is 346 g/mol. The summed E-state index contributed by atoms with van der Waals surface area (Å²) >= 11 is 0. The van der Waals surface area contributed by atoms with Crippen molar-refractivity contribution in [3.63, 3.8) is 0 Å². The summed E-state index contributed by atoms with van der Waals surface area (Å²) < 4.78 is 20.2. The molecule has 0 aliphatic rings. The van der Waals surface area contributed by atoms with E-state index in [1.54, 1.807) is 13.0 Å². The Bertz CT molecular complexity index is 826. The SMILES string of the molecule is Cc1cc(C(=O)COC(=O)CNC(=O)c2ccccc2F)c(C)n1C. The monoisotopic (exact) mass is 346 g/mol. The predicted octanol–water partition coefficient (Wildman–Crippen LogP) is 1.94. The first-order valence-electron chi connectivity index (χ1n) is 7.65. The zero-order valence-corrected chi connectivity index (χ0v) is 14.3. The fourth-order valence-corrected chi connectivity index (χ4v) is 2.31. The Morgan fingerprint density at radius 1 is 1.16 bits per heavy atom. The van der Waals surface area contributed by atoms with E-state index in [9.17, 15) is 18.8 Å². The molecule has 0 fully saturated rings. The number of rotatable bonds is 6. The number of hydrogen-bond donors (Lipinski definition) is 1. The van der Waals surface area contributed by atoms with Gasteiger partial charge in [-0.05, 0) is 32.0 Å². The molecule has 1 amide bonds. The third-order valence-corrected chi connectivity index (χ3v) is 3.95. The minimum atomic E-state index is -0.775. The number of nitrogens with one attached hydrogen (secondary N) is 1. The number of aromatic nitrogens is 1. The third-order valence-electron chi connectivity index (χ3n) is 3.95. The molecule has 0 bridgehead atoms. The van der Waals surface area contributed by atoms with Gasteiger partial charge >= 0.3 is 5.97 Å². The summed E-state index contributed by atoms with van der Waals surface area (Å²) in [5.74, 6) is -2.51. The number of halogens is 1. The van der Waals surface area contributed by atoms with E-state index in [1.165, 1.54) is 18.2 Å². The lowest BCUT2D eigenvalue weighted by Gasteiger charge is -2.07. The van der Waals surface area contributed by atoms with Crippen molar-refractivity contribution in [1.82, 2.24) is 9.88 Å². The molecule has 1 heterocycles. The zero-order valence-electron chi connectivity index (χ0n) is 14.3. The van der Waals surface area contributed by atoms with Crippen LogP contribution in [0.3, 0.4) is 0 Å². The summed E-state index contributed by atoms with van der Waals surface area (Å²) in [7, 11) is 1.84. The maximum absolute atomic E-state index is 13.5. The first kappa shape index (κ1) is 18.4. The van der Waals surface area contributed by atoms with Crippen molar-refractivity contribution in [1.29, 1.82) is 0 Å². The Kier molecular flexibility index (Phi) is 5.69. The normalized spacial score (nSPS) is 10.4. The number of nitrogens with zero attached hydrogens (tertiary/aromatic N) is 1. The predicted molar refractivity (Wildman–Crippen MR) is 88.9 cm³/mol. The van der Waals surface area contributed by atoms with Gasteiger partial charge in [0, 0.05) is 24.0 Å². The highest BCUT2D eigenvalue weighted by atomic mass is 19.1. The smallest absolute Gasteiger partial charge is 0.325 e. The van der Waals surface area contributed by atoms with E-state index in [-0.39, 0.29) is 11.3 Å². The van der Waals surface area contributed by atoms with Crippen LogP contribution in [0.1, 0.15) is 32.1 Å². The molecule has 1 N–H and O–H groups in total. The van der Waals surface area contributed by atoms with Gasteiger partial charge < -0.3 is 14.6 Å². The Morgan fingerprint density at radius 2 is 1.84 bits per heavy atom. The highest BCUT2D eigenvalue weighted by molar-refractivity contribution is 6.00. The van der Waals surface area contributed by atoms with Gasteiger partial charge in [0.05, 0.1) is 5.56 Å². The maximum atomic E-state index is 13.5. The summed E-state index contributed by atoms with van der Waals surface area (Å²) in [6, 6.07) is 7.15. The van der Waals surface area contributed by atoms with E-state index in [4.69, 9.17) is 4.74 Å². The van der Waals surface area contributed by atoms with E-state index in [2.05, 4.69) is 5.32 Å². The number of carbonyl (C=O) groups is 3. The molecule has 132 valence electrons. The van der Waals surface area contributed by atoms with Crippen molar-refractivity contribution in [3.8, 4) is 0 Å². The number of Topliss-reactive ketones (excluding diaryl/α,β-unsaturated/α-hetero) is 1. The topological polar surface area (TPSA) is 77.4 Å². The summed E-state index contributed by atoms with van der Waals surface area (Å²) in [6.07, 6.45) is 0. The molecule has 0 spiro atoms. The van der Waals surface area contributed by atoms with Crippen LogP contribution in [-0.2, 0) is 16.6 Å². The second-order valence-electron chi connectivity index (χ2n) is 5.59. The van der Waals surface area contributed by atoms with Crippen molar-refractivity contribution in [2.75, 3.05) is 13.2 Å². The van der Waals surface area contributed by atoms with Gasteiger partial charge in [0.1, 0.15) is 12.4 Å². The van der Waals surface area contributed by atoms with E-state index < -0.39 is 30.8 Å². The van der Waals surface area contributed by atoms with Gasteiger partial charge in [-0.15, -0.1) is 0 Å². The summed E-state index contributed by atoms with van der Waals surface area (Å²) in [6.45, 7) is 2.80. The van der Waals surface area contributed by atoms with Crippen LogP contribution in [-0.4, -0.2) is 35.4 Å². The number of hydrogen-bond acceptors (Lipinski definition) is 4. The molecule has 0 saturated carbocycles. The molecule has 25 heavy (non-hydrogen) atoms. The highest BCUT2D eigenvalue weighted by Gasteiger charge is 2.17. The van der Waals surface area contributed by atoms with Crippen molar-refractivity contribution in [2.45, 2.75) is 13.8 Å². The number of aryl methyl sites for hydroxylation is 1. The Hall–Kier alpha value is -2.96. The maximum Gasteiger partial charge on any atom is 0.325 e. The lowest BCUT2D eigenvalue weighted by Crippen LogP contribution is -2.32. The van der Waals surface area contributed by atoms with Crippen molar-refractivity contribution < 1.29 is 23.5 Å². The molecule has 0 aliphatic carbocycles. The van der Waals surface area contributed by atoms with Crippen LogP contribution in [0.15, 0.2) is 30.3 Å². The number of esters is 1. The van der Waals surface area contributed by atoms with Crippen molar-refractivity contribution in [2.24, 2.45) is 7.05 Å².